The maximum absolute atomic E-state index is 6.19. The van der Waals surface area contributed by atoms with Crippen LogP contribution >= 0.6 is 11.6 Å². The first kappa shape index (κ1) is 12.9. The molecule has 1 saturated heterocycles. The van der Waals surface area contributed by atoms with Crippen LogP contribution in [-0.4, -0.2) is 12.0 Å². The van der Waals surface area contributed by atoms with Crippen molar-refractivity contribution in [3.05, 3.63) is 35.4 Å². The SMILES string of the molecule is CC(C)(C)c1ccc(C2CC(Cl)CCO2)cc1. The topological polar surface area (TPSA) is 9.23 Å². The molecule has 1 aromatic carbocycles. The van der Waals surface area contributed by atoms with Gasteiger partial charge < -0.3 is 4.74 Å². The van der Waals surface area contributed by atoms with Crippen LogP contribution in [0.1, 0.15) is 50.8 Å². The van der Waals surface area contributed by atoms with E-state index in [9.17, 15) is 0 Å². The standard InChI is InChI=1S/C15H21ClO/c1-15(2,3)12-6-4-11(5-7-12)14-10-13(16)8-9-17-14/h4-7,13-14H,8-10H2,1-3H3. The molecule has 0 bridgehead atoms. The second-order valence-corrected chi connectivity index (χ2v) is 6.47. The lowest BCUT2D eigenvalue weighted by Gasteiger charge is -2.27. The first-order chi connectivity index (χ1) is 7.97. The second-order valence-electron chi connectivity index (χ2n) is 5.85. The van der Waals surface area contributed by atoms with Gasteiger partial charge in [0, 0.05) is 12.0 Å². The van der Waals surface area contributed by atoms with Crippen molar-refractivity contribution in [3.63, 3.8) is 0 Å². The third-order valence-electron chi connectivity index (χ3n) is 3.37. The van der Waals surface area contributed by atoms with Crippen LogP contribution in [0.2, 0.25) is 0 Å². The monoisotopic (exact) mass is 252 g/mol. The quantitative estimate of drug-likeness (QED) is 0.672. The lowest BCUT2D eigenvalue weighted by molar-refractivity contribution is 0.0168. The summed E-state index contributed by atoms with van der Waals surface area (Å²) in [6.45, 7) is 7.47. The highest BCUT2D eigenvalue weighted by atomic mass is 35.5. The molecule has 17 heavy (non-hydrogen) atoms. The van der Waals surface area contributed by atoms with Crippen LogP contribution in [0.3, 0.4) is 0 Å². The fraction of sp³-hybridized carbons (Fsp3) is 0.600. The maximum Gasteiger partial charge on any atom is 0.0839 e. The van der Waals surface area contributed by atoms with Crippen LogP contribution in [0.25, 0.3) is 0 Å². The average molecular weight is 253 g/mol. The van der Waals surface area contributed by atoms with Crippen molar-refractivity contribution >= 4 is 11.6 Å². The minimum atomic E-state index is 0.181. The molecule has 2 heteroatoms. The van der Waals surface area contributed by atoms with Gasteiger partial charge in [-0.15, -0.1) is 11.6 Å². The molecule has 2 rings (SSSR count). The number of alkyl halides is 1. The van der Waals surface area contributed by atoms with E-state index in [1.165, 1.54) is 11.1 Å². The van der Waals surface area contributed by atoms with Crippen molar-refractivity contribution in [1.29, 1.82) is 0 Å². The number of benzene rings is 1. The molecule has 0 spiro atoms. The van der Waals surface area contributed by atoms with Crippen molar-refractivity contribution in [2.75, 3.05) is 6.61 Å². The Bertz CT molecular complexity index is 364. The van der Waals surface area contributed by atoms with Crippen LogP contribution in [0.4, 0.5) is 0 Å². The molecular weight excluding hydrogens is 232 g/mol. The van der Waals surface area contributed by atoms with E-state index in [0.717, 1.165) is 19.4 Å². The largest absolute Gasteiger partial charge is 0.373 e. The summed E-state index contributed by atoms with van der Waals surface area (Å²) in [5.41, 5.74) is 2.82. The molecule has 1 fully saturated rings. The van der Waals surface area contributed by atoms with E-state index in [4.69, 9.17) is 16.3 Å². The zero-order valence-electron chi connectivity index (χ0n) is 10.9. The number of hydrogen-bond acceptors (Lipinski definition) is 1. The Morgan fingerprint density at radius 1 is 1.18 bits per heavy atom. The molecule has 1 heterocycles. The maximum atomic E-state index is 6.19. The highest BCUT2D eigenvalue weighted by Gasteiger charge is 2.22. The van der Waals surface area contributed by atoms with E-state index < -0.39 is 0 Å². The Kier molecular flexibility index (Phi) is 3.79. The lowest BCUT2D eigenvalue weighted by atomic mass is 9.86. The average Bonchev–Trinajstić information content (AvgIpc) is 2.28. The molecule has 0 amide bonds. The van der Waals surface area contributed by atoms with Gasteiger partial charge in [0.15, 0.2) is 0 Å². The predicted molar refractivity (Wildman–Crippen MR) is 72.7 cm³/mol. The molecule has 1 aromatic rings. The first-order valence-electron chi connectivity index (χ1n) is 6.33. The van der Waals surface area contributed by atoms with Gasteiger partial charge in [0.05, 0.1) is 6.10 Å². The van der Waals surface area contributed by atoms with Crippen molar-refractivity contribution in [1.82, 2.24) is 0 Å². The molecule has 2 atom stereocenters. The van der Waals surface area contributed by atoms with Gasteiger partial charge in [0.2, 0.25) is 0 Å². The fourth-order valence-corrected chi connectivity index (χ4v) is 2.44. The summed E-state index contributed by atoms with van der Waals surface area (Å²) in [5.74, 6) is 0. The summed E-state index contributed by atoms with van der Waals surface area (Å²) in [7, 11) is 0. The Labute approximate surface area is 109 Å². The van der Waals surface area contributed by atoms with E-state index in [2.05, 4.69) is 45.0 Å². The van der Waals surface area contributed by atoms with E-state index in [0.29, 0.717) is 0 Å². The van der Waals surface area contributed by atoms with Crippen LogP contribution in [0, 0.1) is 0 Å². The van der Waals surface area contributed by atoms with Gasteiger partial charge in [-0.05, 0) is 29.4 Å². The zero-order chi connectivity index (χ0) is 12.5. The van der Waals surface area contributed by atoms with Gasteiger partial charge in [-0.3, -0.25) is 0 Å². The molecular formula is C15H21ClO. The summed E-state index contributed by atoms with van der Waals surface area (Å²) in [6, 6.07) is 8.77. The van der Waals surface area contributed by atoms with Gasteiger partial charge in [0.1, 0.15) is 0 Å². The number of halogens is 1. The molecule has 94 valence electrons. The summed E-state index contributed by atoms with van der Waals surface area (Å²) in [6.07, 6.45) is 2.08. The van der Waals surface area contributed by atoms with E-state index in [1.807, 2.05) is 0 Å². The number of ether oxygens (including phenoxy) is 1. The summed E-state index contributed by atoms with van der Waals surface area (Å²) < 4.78 is 5.78. The van der Waals surface area contributed by atoms with E-state index in [-0.39, 0.29) is 16.9 Å². The van der Waals surface area contributed by atoms with Crippen molar-refractivity contribution < 1.29 is 4.74 Å². The van der Waals surface area contributed by atoms with Crippen LogP contribution < -0.4 is 0 Å². The molecule has 0 saturated carbocycles. The van der Waals surface area contributed by atoms with Crippen molar-refractivity contribution in [2.45, 2.75) is 50.5 Å². The highest BCUT2D eigenvalue weighted by molar-refractivity contribution is 6.20. The number of rotatable bonds is 1. The van der Waals surface area contributed by atoms with E-state index in [1.54, 1.807) is 0 Å². The Morgan fingerprint density at radius 3 is 2.35 bits per heavy atom. The molecule has 2 unspecified atom stereocenters. The predicted octanol–water partition coefficient (Wildman–Crippen LogP) is 4.44. The molecule has 0 aromatic heterocycles. The number of hydrogen-bond donors (Lipinski definition) is 0. The van der Waals surface area contributed by atoms with Crippen LogP contribution in [0.5, 0.6) is 0 Å². The van der Waals surface area contributed by atoms with Gasteiger partial charge in [0.25, 0.3) is 0 Å². The fourth-order valence-electron chi connectivity index (χ4n) is 2.19. The molecule has 1 aliphatic rings. The summed E-state index contributed by atoms with van der Waals surface area (Å²) >= 11 is 6.19. The first-order valence-corrected chi connectivity index (χ1v) is 6.76. The van der Waals surface area contributed by atoms with Crippen molar-refractivity contribution in [3.8, 4) is 0 Å². The Hall–Kier alpha value is -0.530. The highest BCUT2D eigenvalue weighted by Crippen LogP contribution is 2.32. The van der Waals surface area contributed by atoms with E-state index >= 15 is 0 Å². The molecule has 0 aliphatic carbocycles. The third kappa shape index (κ3) is 3.23. The molecule has 1 aliphatic heterocycles. The molecule has 0 N–H and O–H groups in total. The van der Waals surface area contributed by atoms with Crippen LogP contribution in [0.15, 0.2) is 24.3 Å². The molecule has 1 nitrogen and oxygen atoms in total. The Balaban J connectivity index is 2.12. The van der Waals surface area contributed by atoms with Gasteiger partial charge in [-0.1, -0.05) is 45.0 Å². The zero-order valence-corrected chi connectivity index (χ0v) is 11.6. The van der Waals surface area contributed by atoms with Crippen molar-refractivity contribution in [2.24, 2.45) is 0 Å². The minimum Gasteiger partial charge on any atom is -0.373 e. The van der Waals surface area contributed by atoms with Crippen LogP contribution in [-0.2, 0) is 10.2 Å². The molecule has 0 radical (unpaired) electrons. The Morgan fingerprint density at radius 2 is 1.82 bits per heavy atom. The van der Waals surface area contributed by atoms with Gasteiger partial charge in [-0.25, -0.2) is 0 Å². The smallest absolute Gasteiger partial charge is 0.0839 e. The third-order valence-corrected chi connectivity index (χ3v) is 3.76. The van der Waals surface area contributed by atoms with Gasteiger partial charge >= 0.3 is 0 Å². The second kappa shape index (κ2) is 4.99. The normalized spacial score (nSPS) is 25.9. The summed E-state index contributed by atoms with van der Waals surface area (Å²) in [5, 5.41) is 0.260. The summed E-state index contributed by atoms with van der Waals surface area (Å²) in [4.78, 5) is 0. The minimum absolute atomic E-state index is 0.181. The lowest BCUT2D eigenvalue weighted by Crippen LogP contribution is -2.20. The van der Waals surface area contributed by atoms with Gasteiger partial charge in [-0.2, -0.15) is 0 Å².